The number of allylic oxidation sites excluding steroid dienone is 2. The minimum atomic E-state index is -0.960. The molecule has 4 rings (SSSR count). The Labute approximate surface area is 155 Å². The van der Waals surface area contributed by atoms with Gasteiger partial charge in [-0.1, -0.05) is 24.3 Å². The first-order chi connectivity index (χ1) is 13.0. The molecule has 2 aromatic carbocycles. The van der Waals surface area contributed by atoms with E-state index in [1.807, 2.05) is 12.1 Å². The predicted octanol–water partition coefficient (Wildman–Crippen LogP) is 4.13. The molecule has 3 atom stereocenters. The molecule has 1 aliphatic heterocycles. The van der Waals surface area contributed by atoms with Gasteiger partial charge in [0.05, 0.1) is 35.4 Å². The summed E-state index contributed by atoms with van der Waals surface area (Å²) in [5.41, 5.74) is 2.84. The van der Waals surface area contributed by atoms with E-state index in [0.29, 0.717) is 5.75 Å². The number of carboxylic acid groups (broad SMARTS) is 1. The van der Waals surface area contributed by atoms with Gasteiger partial charge in [0.25, 0.3) is 5.69 Å². The van der Waals surface area contributed by atoms with Crippen LogP contribution in [0.3, 0.4) is 0 Å². The van der Waals surface area contributed by atoms with Gasteiger partial charge < -0.3 is 15.2 Å². The summed E-state index contributed by atoms with van der Waals surface area (Å²) in [6.45, 7) is 0. The van der Waals surface area contributed by atoms with Gasteiger partial charge in [-0.05, 0) is 35.6 Å². The van der Waals surface area contributed by atoms with Crippen molar-refractivity contribution in [2.45, 2.75) is 18.4 Å². The molecule has 0 amide bonds. The second-order valence-corrected chi connectivity index (χ2v) is 6.77. The first-order valence-electron chi connectivity index (χ1n) is 8.62. The number of rotatable bonds is 4. The lowest BCUT2D eigenvalue weighted by molar-refractivity contribution is -0.385. The van der Waals surface area contributed by atoms with Gasteiger partial charge in [-0.3, -0.25) is 10.1 Å². The number of nitro groups is 1. The van der Waals surface area contributed by atoms with E-state index in [9.17, 15) is 14.9 Å². The second-order valence-electron chi connectivity index (χ2n) is 6.77. The zero-order valence-corrected chi connectivity index (χ0v) is 14.6. The van der Waals surface area contributed by atoms with Gasteiger partial charge in [0.1, 0.15) is 5.75 Å². The van der Waals surface area contributed by atoms with E-state index in [4.69, 9.17) is 9.84 Å². The molecule has 0 unspecified atom stereocenters. The van der Waals surface area contributed by atoms with Crippen LogP contribution in [0.25, 0.3) is 0 Å². The highest BCUT2D eigenvalue weighted by atomic mass is 16.6. The molecular formula is C20H18N2O5. The van der Waals surface area contributed by atoms with Crippen LogP contribution in [0.2, 0.25) is 0 Å². The molecule has 0 bridgehead atoms. The average molecular weight is 366 g/mol. The molecule has 0 spiro atoms. The van der Waals surface area contributed by atoms with Crippen molar-refractivity contribution in [3.63, 3.8) is 0 Å². The van der Waals surface area contributed by atoms with Crippen LogP contribution in [0, 0.1) is 16.0 Å². The minimum absolute atomic E-state index is 0.00992. The molecule has 7 heteroatoms. The summed E-state index contributed by atoms with van der Waals surface area (Å²) in [6.07, 6.45) is 5.02. The molecule has 2 N–H and O–H groups in total. The third-order valence-electron chi connectivity index (χ3n) is 5.36. The standard InChI is InChI=1S/C20H18N2O5/c1-27-17-10-13(22(25)26)9-16-14-3-2-4-15(14)18(21-19(16)17)11-5-7-12(8-6-11)20(23)24/h2-3,5-10,14-15,18,21H,4H2,1H3,(H,23,24)/t14-,15-,18+/m1/s1. The number of anilines is 1. The lowest BCUT2D eigenvalue weighted by Crippen LogP contribution is -2.29. The van der Waals surface area contributed by atoms with E-state index in [0.717, 1.165) is 23.2 Å². The number of ether oxygens (including phenoxy) is 1. The highest BCUT2D eigenvalue weighted by Crippen LogP contribution is 2.53. The predicted molar refractivity (Wildman–Crippen MR) is 99.4 cm³/mol. The maximum Gasteiger partial charge on any atom is 0.335 e. The Hall–Kier alpha value is -3.35. The molecule has 138 valence electrons. The van der Waals surface area contributed by atoms with Crippen LogP contribution in [0.1, 0.15) is 39.9 Å². The number of carbonyl (C=O) groups is 1. The number of carboxylic acids is 1. The number of nitro benzene ring substituents is 1. The van der Waals surface area contributed by atoms with Crippen LogP contribution in [0.15, 0.2) is 48.6 Å². The Morgan fingerprint density at radius 2 is 2.04 bits per heavy atom. The number of methoxy groups -OCH3 is 1. The lowest BCUT2D eigenvalue weighted by Gasteiger charge is -2.38. The first-order valence-corrected chi connectivity index (χ1v) is 8.62. The van der Waals surface area contributed by atoms with E-state index in [-0.39, 0.29) is 29.1 Å². The van der Waals surface area contributed by atoms with Crippen molar-refractivity contribution < 1.29 is 19.6 Å². The quantitative estimate of drug-likeness (QED) is 0.479. The van der Waals surface area contributed by atoms with Gasteiger partial charge in [-0.25, -0.2) is 4.79 Å². The molecule has 1 heterocycles. The summed E-state index contributed by atoms with van der Waals surface area (Å²) in [5.74, 6) is -0.290. The summed E-state index contributed by atoms with van der Waals surface area (Å²) in [7, 11) is 1.49. The number of nitrogens with zero attached hydrogens (tertiary/aromatic N) is 1. The number of hydrogen-bond donors (Lipinski definition) is 2. The Bertz CT molecular complexity index is 952. The molecule has 7 nitrogen and oxygen atoms in total. The molecule has 0 aromatic heterocycles. The molecule has 2 aromatic rings. The van der Waals surface area contributed by atoms with Crippen molar-refractivity contribution in [1.82, 2.24) is 0 Å². The molecule has 2 aliphatic rings. The summed E-state index contributed by atoms with van der Waals surface area (Å²) < 4.78 is 5.42. The van der Waals surface area contributed by atoms with Crippen LogP contribution < -0.4 is 10.1 Å². The molecular weight excluding hydrogens is 348 g/mol. The van der Waals surface area contributed by atoms with E-state index in [1.54, 1.807) is 18.2 Å². The molecule has 0 saturated heterocycles. The van der Waals surface area contributed by atoms with Crippen molar-refractivity contribution >= 4 is 17.3 Å². The molecule has 0 fully saturated rings. The summed E-state index contributed by atoms with van der Waals surface area (Å²) in [4.78, 5) is 22.0. The minimum Gasteiger partial charge on any atom is -0.494 e. The zero-order chi connectivity index (χ0) is 19.1. The topological polar surface area (TPSA) is 102 Å². The van der Waals surface area contributed by atoms with Gasteiger partial charge >= 0.3 is 5.97 Å². The SMILES string of the molecule is COc1cc([N+](=O)[O-])cc2c1N[C@@H](c1ccc(C(=O)O)cc1)[C@@H]1CC=C[C@@H]21. The molecule has 0 saturated carbocycles. The Morgan fingerprint density at radius 3 is 2.67 bits per heavy atom. The summed E-state index contributed by atoms with van der Waals surface area (Å²) in [5, 5.41) is 23.9. The van der Waals surface area contributed by atoms with E-state index >= 15 is 0 Å². The van der Waals surface area contributed by atoms with Gasteiger partial charge in [0.15, 0.2) is 0 Å². The van der Waals surface area contributed by atoms with Crippen LogP contribution >= 0.6 is 0 Å². The van der Waals surface area contributed by atoms with Crippen LogP contribution in [-0.2, 0) is 0 Å². The van der Waals surface area contributed by atoms with E-state index in [1.165, 1.54) is 13.2 Å². The third-order valence-corrected chi connectivity index (χ3v) is 5.36. The second kappa shape index (κ2) is 6.42. The summed E-state index contributed by atoms with van der Waals surface area (Å²) >= 11 is 0. The monoisotopic (exact) mass is 366 g/mol. The maximum atomic E-state index is 11.3. The van der Waals surface area contributed by atoms with Crippen molar-refractivity contribution in [3.8, 4) is 5.75 Å². The van der Waals surface area contributed by atoms with Crippen molar-refractivity contribution in [2.75, 3.05) is 12.4 Å². The Balaban J connectivity index is 1.79. The fraction of sp³-hybridized carbons (Fsp3) is 0.250. The van der Waals surface area contributed by atoms with Crippen molar-refractivity contribution in [3.05, 3.63) is 75.4 Å². The largest absolute Gasteiger partial charge is 0.494 e. The van der Waals surface area contributed by atoms with E-state index < -0.39 is 10.9 Å². The number of benzene rings is 2. The number of nitrogens with one attached hydrogen (secondary N) is 1. The van der Waals surface area contributed by atoms with Crippen molar-refractivity contribution in [1.29, 1.82) is 0 Å². The average Bonchev–Trinajstić information content (AvgIpc) is 3.16. The highest BCUT2D eigenvalue weighted by Gasteiger charge is 2.40. The molecule has 0 radical (unpaired) electrons. The highest BCUT2D eigenvalue weighted by molar-refractivity contribution is 5.87. The van der Waals surface area contributed by atoms with Crippen LogP contribution in [0.5, 0.6) is 5.75 Å². The van der Waals surface area contributed by atoms with Gasteiger partial charge in [0.2, 0.25) is 0 Å². The maximum absolute atomic E-state index is 11.3. The van der Waals surface area contributed by atoms with Gasteiger partial charge in [0, 0.05) is 12.0 Å². The van der Waals surface area contributed by atoms with Gasteiger partial charge in [-0.15, -0.1) is 0 Å². The number of hydrogen-bond acceptors (Lipinski definition) is 5. The fourth-order valence-corrected chi connectivity index (χ4v) is 4.08. The van der Waals surface area contributed by atoms with E-state index in [2.05, 4.69) is 17.5 Å². The van der Waals surface area contributed by atoms with Crippen LogP contribution in [-0.4, -0.2) is 23.1 Å². The molecule has 27 heavy (non-hydrogen) atoms. The fourth-order valence-electron chi connectivity index (χ4n) is 4.08. The molecule has 1 aliphatic carbocycles. The normalized spacial score (nSPS) is 22.5. The number of aromatic carboxylic acids is 1. The number of non-ortho nitro benzene ring substituents is 1. The number of fused-ring (bicyclic) bond motifs is 3. The third kappa shape index (κ3) is 2.81. The smallest absolute Gasteiger partial charge is 0.335 e. The van der Waals surface area contributed by atoms with Gasteiger partial charge in [-0.2, -0.15) is 0 Å². The van der Waals surface area contributed by atoms with Crippen molar-refractivity contribution in [2.24, 2.45) is 5.92 Å². The first kappa shape index (κ1) is 17.1. The lowest BCUT2D eigenvalue weighted by atomic mass is 9.76. The Kier molecular flexibility index (Phi) is 4.07. The summed E-state index contributed by atoms with van der Waals surface area (Å²) in [6, 6.07) is 9.82. The Morgan fingerprint density at radius 1 is 1.30 bits per heavy atom. The zero-order valence-electron chi connectivity index (χ0n) is 14.6. The van der Waals surface area contributed by atoms with Crippen LogP contribution in [0.4, 0.5) is 11.4 Å².